The van der Waals surface area contributed by atoms with E-state index in [1.54, 1.807) is 0 Å². The van der Waals surface area contributed by atoms with E-state index < -0.39 is 0 Å². The Hall–Kier alpha value is -3.33. The Kier molecular flexibility index (Phi) is 5.57. The van der Waals surface area contributed by atoms with Crippen molar-refractivity contribution in [2.45, 2.75) is 40.2 Å². The lowest BCUT2D eigenvalue weighted by molar-refractivity contribution is -0.133. The quantitative estimate of drug-likeness (QED) is 0.453. The second kappa shape index (κ2) is 8.55. The van der Waals surface area contributed by atoms with E-state index in [9.17, 15) is 9.59 Å². The molecule has 1 amide bonds. The summed E-state index contributed by atoms with van der Waals surface area (Å²) in [5.41, 5.74) is 2.49. The van der Waals surface area contributed by atoms with Crippen molar-refractivity contribution >= 4 is 27.5 Å². The third kappa shape index (κ3) is 4.08. The third-order valence-corrected chi connectivity index (χ3v) is 7.44. The van der Waals surface area contributed by atoms with Gasteiger partial charge < -0.3 is 9.42 Å². The van der Waals surface area contributed by atoms with E-state index in [0.717, 1.165) is 47.5 Å². The lowest BCUT2D eigenvalue weighted by Crippen LogP contribution is -2.41. The SMILES string of the molecule is Cc1cccc(-c2noc(-c3sc4ncn(CC(=O)N5CCC(C)CC5)c(=O)c4c3C)n2)c1. The van der Waals surface area contributed by atoms with Gasteiger partial charge in [-0.1, -0.05) is 35.8 Å². The standard InChI is InChI=1S/C24H25N5O3S/c1-14-7-9-28(10-8-14)18(30)12-29-13-25-23-19(24(29)31)16(3)20(33-23)22-26-21(27-32-22)17-6-4-5-15(2)11-17/h4-6,11,13-14H,7-10,12H2,1-3H3. The second-order valence-electron chi connectivity index (χ2n) is 8.77. The maximum Gasteiger partial charge on any atom is 0.268 e. The molecule has 33 heavy (non-hydrogen) atoms. The molecule has 9 heteroatoms. The molecule has 0 aliphatic carbocycles. The van der Waals surface area contributed by atoms with Crippen LogP contribution in [0.1, 0.15) is 30.9 Å². The first-order valence-corrected chi connectivity index (χ1v) is 11.9. The Labute approximate surface area is 194 Å². The van der Waals surface area contributed by atoms with E-state index >= 15 is 0 Å². The summed E-state index contributed by atoms with van der Waals surface area (Å²) in [6.45, 7) is 7.55. The number of aryl methyl sites for hydroxylation is 2. The molecule has 8 nitrogen and oxygen atoms in total. The highest BCUT2D eigenvalue weighted by atomic mass is 32.1. The average Bonchev–Trinajstić information content (AvgIpc) is 3.41. The number of hydrogen-bond acceptors (Lipinski definition) is 7. The van der Waals surface area contributed by atoms with Gasteiger partial charge in [-0.3, -0.25) is 14.2 Å². The Bertz CT molecular complexity index is 1390. The molecule has 0 unspecified atom stereocenters. The molecule has 1 aliphatic rings. The van der Waals surface area contributed by atoms with Gasteiger partial charge in [-0.2, -0.15) is 4.98 Å². The number of carbonyl (C=O) groups is 1. The largest absolute Gasteiger partial charge is 0.341 e. The number of rotatable bonds is 4. The number of hydrogen-bond donors (Lipinski definition) is 0. The molecule has 1 aromatic carbocycles. The van der Waals surface area contributed by atoms with Crippen LogP contribution in [0.15, 0.2) is 39.9 Å². The van der Waals surface area contributed by atoms with Crippen molar-refractivity contribution < 1.29 is 9.32 Å². The number of amides is 1. The smallest absolute Gasteiger partial charge is 0.268 e. The normalized spacial score (nSPS) is 14.8. The van der Waals surface area contributed by atoms with Crippen molar-refractivity contribution in [3.63, 3.8) is 0 Å². The summed E-state index contributed by atoms with van der Waals surface area (Å²) in [7, 11) is 0. The van der Waals surface area contributed by atoms with E-state index in [-0.39, 0.29) is 18.0 Å². The molecular weight excluding hydrogens is 438 g/mol. The Morgan fingerprint density at radius 1 is 1.24 bits per heavy atom. The van der Waals surface area contributed by atoms with Crippen molar-refractivity contribution in [3.05, 3.63) is 52.1 Å². The molecule has 0 atom stereocenters. The average molecular weight is 464 g/mol. The molecule has 4 heterocycles. The van der Waals surface area contributed by atoms with Crippen LogP contribution < -0.4 is 5.56 Å². The van der Waals surface area contributed by atoms with Gasteiger partial charge in [0.25, 0.3) is 11.4 Å². The first-order chi connectivity index (χ1) is 15.9. The van der Waals surface area contributed by atoms with E-state index in [0.29, 0.717) is 27.8 Å². The molecule has 5 rings (SSSR count). The van der Waals surface area contributed by atoms with Crippen LogP contribution in [0.3, 0.4) is 0 Å². The molecule has 0 saturated carbocycles. The van der Waals surface area contributed by atoms with Crippen molar-refractivity contribution in [3.8, 4) is 22.2 Å². The molecule has 1 fully saturated rings. The summed E-state index contributed by atoms with van der Waals surface area (Å²) < 4.78 is 6.93. The van der Waals surface area contributed by atoms with Gasteiger partial charge in [-0.25, -0.2) is 4.98 Å². The Balaban J connectivity index is 1.45. The van der Waals surface area contributed by atoms with Gasteiger partial charge in [0.15, 0.2) is 0 Å². The van der Waals surface area contributed by atoms with Gasteiger partial charge in [-0.15, -0.1) is 11.3 Å². The number of fused-ring (bicyclic) bond motifs is 1. The van der Waals surface area contributed by atoms with Gasteiger partial charge in [0.2, 0.25) is 11.7 Å². The third-order valence-electron chi connectivity index (χ3n) is 6.26. The summed E-state index contributed by atoms with van der Waals surface area (Å²) in [5, 5.41) is 4.61. The second-order valence-corrected chi connectivity index (χ2v) is 9.77. The van der Waals surface area contributed by atoms with Crippen molar-refractivity contribution in [2.75, 3.05) is 13.1 Å². The summed E-state index contributed by atoms with van der Waals surface area (Å²) >= 11 is 1.34. The number of nitrogens with zero attached hydrogens (tertiary/aromatic N) is 5. The molecule has 0 N–H and O–H groups in total. The molecule has 0 spiro atoms. The van der Waals surface area contributed by atoms with Crippen LogP contribution in [0, 0.1) is 19.8 Å². The first-order valence-electron chi connectivity index (χ1n) is 11.1. The number of thiophene rings is 1. The maximum absolute atomic E-state index is 13.2. The maximum atomic E-state index is 13.2. The topological polar surface area (TPSA) is 94.1 Å². The van der Waals surface area contributed by atoms with Gasteiger partial charge in [0, 0.05) is 18.7 Å². The van der Waals surface area contributed by atoms with Gasteiger partial charge in [0.05, 0.1) is 16.6 Å². The van der Waals surface area contributed by atoms with Crippen LogP contribution in [0.4, 0.5) is 0 Å². The molecule has 170 valence electrons. The Morgan fingerprint density at radius 3 is 2.79 bits per heavy atom. The van der Waals surface area contributed by atoms with Crippen LogP contribution in [0.25, 0.3) is 32.4 Å². The predicted octanol–water partition coefficient (Wildman–Crippen LogP) is 4.05. The lowest BCUT2D eigenvalue weighted by atomic mass is 9.99. The minimum absolute atomic E-state index is 0.00115. The summed E-state index contributed by atoms with van der Waals surface area (Å²) in [4.78, 5) is 38.1. The van der Waals surface area contributed by atoms with Crippen LogP contribution in [0.5, 0.6) is 0 Å². The molecule has 0 bridgehead atoms. The zero-order valence-corrected chi connectivity index (χ0v) is 19.7. The minimum atomic E-state index is -0.225. The fraction of sp³-hybridized carbons (Fsp3) is 0.375. The lowest BCUT2D eigenvalue weighted by Gasteiger charge is -2.30. The minimum Gasteiger partial charge on any atom is -0.341 e. The van der Waals surface area contributed by atoms with Crippen LogP contribution in [-0.2, 0) is 11.3 Å². The highest BCUT2D eigenvalue weighted by Gasteiger charge is 2.23. The Morgan fingerprint density at radius 2 is 2.03 bits per heavy atom. The zero-order valence-electron chi connectivity index (χ0n) is 18.9. The van der Waals surface area contributed by atoms with Crippen molar-refractivity contribution in [1.29, 1.82) is 0 Å². The molecule has 1 saturated heterocycles. The predicted molar refractivity (Wildman–Crippen MR) is 127 cm³/mol. The van der Waals surface area contributed by atoms with Crippen LogP contribution >= 0.6 is 11.3 Å². The summed E-state index contributed by atoms with van der Waals surface area (Å²) in [5.74, 6) is 1.45. The van der Waals surface area contributed by atoms with Gasteiger partial charge in [-0.05, 0) is 44.2 Å². The summed E-state index contributed by atoms with van der Waals surface area (Å²) in [6.07, 6.45) is 3.46. The van der Waals surface area contributed by atoms with E-state index in [2.05, 4.69) is 22.0 Å². The molecule has 4 aromatic rings. The number of benzene rings is 1. The van der Waals surface area contributed by atoms with Gasteiger partial charge >= 0.3 is 0 Å². The van der Waals surface area contributed by atoms with E-state index in [1.165, 1.54) is 22.2 Å². The van der Waals surface area contributed by atoms with Crippen molar-refractivity contribution in [1.82, 2.24) is 24.6 Å². The zero-order chi connectivity index (χ0) is 23.1. The highest BCUT2D eigenvalue weighted by molar-refractivity contribution is 7.22. The fourth-order valence-corrected chi connectivity index (χ4v) is 5.26. The van der Waals surface area contributed by atoms with E-state index in [4.69, 9.17) is 4.52 Å². The van der Waals surface area contributed by atoms with Gasteiger partial charge in [0.1, 0.15) is 11.4 Å². The highest BCUT2D eigenvalue weighted by Crippen LogP contribution is 2.35. The van der Waals surface area contributed by atoms with Crippen LogP contribution in [-0.4, -0.2) is 43.6 Å². The number of carbonyl (C=O) groups excluding carboxylic acids is 1. The molecule has 3 aromatic heterocycles. The summed E-state index contributed by atoms with van der Waals surface area (Å²) in [6, 6.07) is 7.88. The van der Waals surface area contributed by atoms with Crippen LogP contribution in [0.2, 0.25) is 0 Å². The number of likely N-dealkylation sites (tertiary alicyclic amines) is 1. The van der Waals surface area contributed by atoms with Crippen molar-refractivity contribution in [2.24, 2.45) is 5.92 Å². The van der Waals surface area contributed by atoms with E-state index in [1.807, 2.05) is 43.0 Å². The molecular formula is C24H25N5O3S. The molecule has 0 radical (unpaired) electrons. The first kappa shape index (κ1) is 21.5. The fourth-order valence-electron chi connectivity index (χ4n) is 4.20. The number of aromatic nitrogens is 4. The number of piperidine rings is 1. The molecule has 1 aliphatic heterocycles. The monoisotopic (exact) mass is 463 g/mol.